The summed E-state index contributed by atoms with van der Waals surface area (Å²) in [5.74, 6) is 0.971. The highest BCUT2D eigenvalue weighted by molar-refractivity contribution is 7.12. The maximum atomic E-state index is 5.92. The summed E-state index contributed by atoms with van der Waals surface area (Å²) >= 11 is 1.79. The molecule has 0 spiro atoms. The van der Waals surface area contributed by atoms with Gasteiger partial charge in [0.1, 0.15) is 11.8 Å². The minimum atomic E-state index is 0.317. The van der Waals surface area contributed by atoms with Gasteiger partial charge in [-0.3, -0.25) is 4.98 Å². The topological polar surface area (TPSA) is 87.4 Å². The second-order valence-corrected chi connectivity index (χ2v) is 7.03. The van der Waals surface area contributed by atoms with Crippen molar-refractivity contribution in [3.63, 3.8) is 0 Å². The molecule has 0 aliphatic rings. The average Bonchev–Trinajstić information content (AvgIpc) is 3.23. The van der Waals surface area contributed by atoms with E-state index in [9.17, 15) is 0 Å². The lowest BCUT2D eigenvalue weighted by Crippen LogP contribution is -2.10. The van der Waals surface area contributed by atoms with Gasteiger partial charge in [-0.05, 0) is 32.4 Å². The molecule has 24 heavy (non-hydrogen) atoms. The number of hydrogen-bond acceptors (Lipinski definition) is 6. The molecule has 0 aliphatic heterocycles. The normalized spacial score (nSPS) is 11.5. The Balaban J connectivity index is 2.06. The van der Waals surface area contributed by atoms with E-state index in [1.54, 1.807) is 22.2 Å². The highest BCUT2D eigenvalue weighted by Gasteiger charge is 2.19. The van der Waals surface area contributed by atoms with E-state index in [1.807, 2.05) is 6.20 Å². The molecule has 7 nitrogen and oxygen atoms in total. The van der Waals surface area contributed by atoms with E-state index in [1.165, 1.54) is 21.6 Å². The van der Waals surface area contributed by atoms with Crippen LogP contribution in [0.15, 0.2) is 24.8 Å². The fourth-order valence-electron chi connectivity index (χ4n) is 3.04. The van der Waals surface area contributed by atoms with Gasteiger partial charge < -0.3 is 10.3 Å². The van der Waals surface area contributed by atoms with Crippen molar-refractivity contribution in [3.8, 4) is 17.1 Å². The number of anilines is 1. The monoisotopic (exact) mass is 339 g/mol. The molecule has 0 unspecified atom stereocenters. The minimum absolute atomic E-state index is 0.317. The molecule has 4 heterocycles. The maximum Gasteiger partial charge on any atom is 0.235 e. The highest BCUT2D eigenvalue weighted by atomic mass is 32.1. The number of imidazole rings is 1. The third kappa shape index (κ3) is 2.10. The third-order valence-corrected chi connectivity index (χ3v) is 5.01. The van der Waals surface area contributed by atoms with Crippen LogP contribution in [0.2, 0.25) is 0 Å². The van der Waals surface area contributed by atoms with Crippen LogP contribution in [-0.2, 0) is 6.54 Å². The fourth-order valence-corrected chi connectivity index (χ4v) is 3.98. The molecule has 0 atom stereocenters. The molecule has 4 rings (SSSR count). The first kappa shape index (κ1) is 14.8. The van der Waals surface area contributed by atoms with Crippen molar-refractivity contribution >= 4 is 28.3 Å². The van der Waals surface area contributed by atoms with Gasteiger partial charge in [0.2, 0.25) is 11.9 Å². The molecule has 2 N–H and O–H groups in total. The van der Waals surface area contributed by atoms with E-state index in [4.69, 9.17) is 10.7 Å². The zero-order valence-electron chi connectivity index (χ0n) is 13.7. The molecular formula is C16H17N7S. The van der Waals surface area contributed by atoms with Crippen LogP contribution < -0.4 is 5.73 Å². The number of nitrogen functional groups attached to an aromatic ring is 1. The van der Waals surface area contributed by atoms with Crippen LogP contribution in [0.3, 0.4) is 0 Å². The van der Waals surface area contributed by atoms with Crippen LogP contribution >= 0.6 is 11.3 Å². The Kier molecular flexibility index (Phi) is 3.34. The van der Waals surface area contributed by atoms with E-state index in [2.05, 4.69) is 46.5 Å². The highest BCUT2D eigenvalue weighted by Crippen LogP contribution is 2.35. The molecule has 0 amide bonds. The lowest BCUT2D eigenvalue weighted by molar-refractivity contribution is 0.706. The second kappa shape index (κ2) is 5.41. The zero-order valence-corrected chi connectivity index (χ0v) is 14.5. The average molecular weight is 339 g/mol. The van der Waals surface area contributed by atoms with Gasteiger partial charge in [0, 0.05) is 28.1 Å². The molecule has 0 fully saturated rings. The fraction of sp³-hybridized carbons (Fsp3) is 0.250. The SMILES string of the molecule is CCn1c(-n2ncnc2N)nc2cncc(-c3cc(C)sc3C)c21. The van der Waals surface area contributed by atoms with Crippen LogP contribution in [0.5, 0.6) is 0 Å². The van der Waals surface area contributed by atoms with Crippen LogP contribution in [0.1, 0.15) is 16.7 Å². The van der Waals surface area contributed by atoms with Gasteiger partial charge in [0.25, 0.3) is 0 Å². The lowest BCUT2D eigenvalue weighted by Gasteiger charge is -2.09. The van der Waals surface area contributed by atoms with Crippen molar-refractivity contribution < 1.29 is 0 Å². The number of aromatic nitrogens is 6. The Morgan fingerprint density at radius 2 is 2.04 bits per heavy atom. The summed E-state index contributed by atoms with van der Waals surface area (Å²) in [5.41, 5.74) is 10.1. The van der Waals surface area contributed by atoms with Crippen LogP contribution in [0, 0.1) is 13.8 Å². The Morgan fingerprint density at radius 1 is 1.21 bits per heavy atom. The molecule has 0 radical (unpaired) electrons. The number of nitrogens with two attached hydrogens (primary N) is 1. The predicted octanol–water partition coefficient (Wildman–Crippen LogP) is 2.96. The van der Waals surface area contributed by atoms with E-state index in [0.29, 0.717) is 11.9 Å². The molecule has 0 aromatic carbocycles. The number of pyridine rings is 1. The lowest BCUT2D eigenvalue weighted by atomic mass is 10.1. The van der Waals surface area contributed by atoms with Gasteiger partial charge in [0.15, 0.2) is 0 Å². The first-order chi connectivity index (χ1) is 11.6. The maximum absolute atomic E-state index is 5.92. The number of aryl methyl sites for hydroxylation is 3. The number of hydrogen-bond donors (Lipinski definition) is 1. The largest absolute Gasteiger partial charge is 0.368 e. The Morgan fingerprint density at radius 3 is 2.67 bits per heavy atom. The molecule has 4 aromatic heterocycles. The van der Waals surface area contributed by atoms with E-state index < -0.39 is 0 Å². The molecule has 0 saturated heterocycles. The molecular weight excluding hydrogens is 322 g/mol. The van der Waals surface area contributed by atoms with Crippen molar-refractivity contribution in [2.24, 2.45) is 0 Å². The molecule has 0 aliphatic carbocycles. The van der Waals surface area contributed by atoms with Gasteiger partial charge in [-0.25, -0.2) is 4.98 Å². The summed E-state index contributed by atoms with van der Waals surface area (Å²) in [5, 5.41) is 4.19. The van der Waals surface area contributed by atoms with Crippen molar-refractivity contribution in [2.75, 3.05) is 5.73 Å². The minimum Gasteiger partial charge on any atom is -0.368 e. The summed E-state index contributed by atoms with van der Waals surface area (Å²) in [6, 6.07) is 2.20. The number of nitrogens with zero attached hydrogens (tertiary/aromatic N) is 6. The third-order valence-electron chi connectivity index (χ3n) is 4.04. The standard InChI is InChI=1S/C16H17N7S/c1-4-22-14-12(11-5-9(2)24-10(11)3)6-18-7-13(14)21-16(22)23-15(17)19-8-20-23/h5-8H,4H2,1-3H3,(H2,17,19,20). The summed E-state index contributed by atoms with van der Waals surface area (Å²) in [6.45, 7) is 7.07. The Bertz CT molecular complexity index is 1040. The Hall–Kier alpha value is -2.74. The van der Waals surface area contributed by atoms with Crippen LogP contribution in [0.25, 0.3) is 28.1 Å². The first-order valence-corrected chi connectivity index (χ1v) is 8.49. The van der Waals surface area contributed by atoms with Gasteiger partial charge >= 0.3 is 0 Å². The zero-order chi connectivity index (χ0) is 16.8. The summed E-state index contributed by atoms with van der Waals surface area (Å²) in [6.07, 6.45) is 5.11. The second-order valence-electron chi connectivity index (χ2n) is 5.57. The molecule has 8 heteroatoms. The summed E-state index contributed by atoms with van der Waals surface area (Å²) in [7, 11) is 0. The number of fused-ring (bicyclic) bond motifs is 1. The molecule has 122 valence electrons. The smallest absolute Gasteiger partial charge is 0.235 e. The number of rotatable bonds is 3. The van der Waals surface area contributed by atoms with E-state index in [-0.39, 0.29) is 0 Å². The van der Waals surface area contributed by atoms with Crippen molar-refractivity contribution in [2.45, 2.75) is 27.3 Å². The quantitative estimate of drug-likeness (QED) is 0.620. The van der Waals surface area contributed by atoms with E-state index in [0.717, 1.165) is 23.1 Å². The molecule has 0 bridgehead atoms. The molecule has 0 saturated carbocycles. The summed E-state index contributed by atoms with van der Waals surface area (Å²) in [4.78, 5) is 15.6. The van der Waals surface area contributed by atoms with Gasteiger partial charge in [-0.1, -0.05) is 0 Å². The van der Waals surface area contributed by atoms with Crippen molar-refractivity contribution in [1.29, 1.82) is 0 Å². The van der Waals surface area contributed by atoms with Gasteiger partial charge in [-0.2, -0.15) is 14.8 Å². The first-order valence-electron chi connectivity index (χ1n) is 7.67. The summed E-state index contributed by atoms with van der Waals surface area (Å²) < 4.78 is 3.66. The van der Waals surface area contributed by atoms with E-state index >= 15 is 0 Å². The van der Waals surface area contributed by atoms with Crippen LogP contribution in [0.4, 0.5) is 5.95 Å². The predicted molar refractivity (Wildman–Crippen MR) is 95.3 cm³/mol. The van der Waals surface area contributed by atoms with Crippen molar-refractivity contribution in [3.05, 3.63) is 34.5 Å². The van der Waals surface area contributed by atoms with Crippen molar-refractivity contribution in [1.82, 2.24) is 29.3 Å². The van der Waals surface area contributed by atoms with Gasteiger partial charge in [0.05, 0.1) is 11.7 Å². The van der Waals surface area contributed by atoms with Crippen LogP contribution in [-0.4, -0.2) is 29.3 Å². The van der Waals surface area contributed by atoms with Gasteiger partial charge in [-0.15, -0.1) is 11.3 Å². The Labute approximate surface area is 142 Å². The number of thiophene rings is 1. The molecule has 4 aromatic rings.